The van der Waals surface area contributed by atoms with Gasteiger partial charge in [-0.15, -0.1) is 0 Å². The first-order valence-electron chi connectivity index (χ1n) is 6.44. The third kappa shape index (κ3) is 3.74. The van der Waals surface area contributed by atoms with Crippen molar-refractivity contribution in [1.82, 2.24) is 0 Å². The van der Waals surface area contributed by atoms with E-state index in [1.54, 1.807) is 18.2 Å². The van der Waals surface area contributed by atoms with Crippen molar-refractivity contribution < 1.29 is 17.6 Å². The summed E-state index contributed by atoms with van der Waals surface area (Å²) in [4.78, 5) is 0. The molecule has 0 aliphatic carbocycles. The highest BCUT2D eigenvalue weighted by Gasteiger charge is 2.32. The van der Waals surface area contributed by atoms with Gasteiger partial charge in [-0.05, 0) is 37.6 Å². The Morgan fingerprint density at radius 1 is 1.00 bits per heavy atom. The molecule has 0 atom stereocenters. The highest BCUT2D eigenvalue weighted by Crippen LogP contribution is 2.33. The molecule has 0 aliphatic heterocycles. The summed E-state index contributed by atoms with van der Waals surface area (Å²) in [5.41, 5.74) is 1.11. The quantitative estimate of drug-likeness (QED) is 0.780. The SMILES string of the molecule is Cc1ccc(F)c(CNc2ccc(C)c(C(F)(F)F)c2)c1. The first-order valence-corrected chi connectivity index (χ1v) is 6.44. The van der Waals surface area contributed by atoms with Gasteiger partial charge in [0.1, 0.15) is 5.82 Å². The molecule has 21 heavy (non-hydrogen) atoms. The molecule has 0 heterocycles. The average molecular weight is 297 g/mol. The van der Waals surface area contributed by atoms with E-state index in [0.29, 0.717) is 11.3 Å². The van der Waals surface area contributed by atoms with Gasteiger partial charge in [0.25, 0.3) is 0 Å². The lowest BCUT2D eigenvalue weighted by Crippen LogP contribution is -2.09. The third-order valence-electron chi connectivity index (χ3n) is 3.23. The van der Waals surface area contributed by atoms with E-state index in [4.69, 9.17) is 0 Å². The summed E-state index contributed by atoms with van der Waals surface area (Å²) < 4.78 is 52.0. The monoisotopic (exact) mass is 297 g/mol. The second-order valence-electron chi connectivity index (χ2n) is 4.98. The summed E-state index contributed by atoms with van der Waals surface area (Å²) >= 11 is 0. The highest BCUT2D eigenvalue weighted by molar-refractivity contribution is 5.50. The Balaban J connectivity index is 2.19. The Kier molecular flexibility index (Phi) is 4.21. The van der Waals surface area contributed by atoms with E-state index in [1.807, 2.05) is 6.92 Å². The molecule has 2 aromatic carbocycles. The fourth-order valence-corrected chi connectivity index (χ4v) is 2.07. The zero-order valence-electron chi connectivity index (χ0n) is 11.7. The number of alkyl halides is 3. The number of halogens is 4. The molecule has 0 aliphatic rings. The van der Waals surface area contributed by atoms with Crippen molar-refractivity contribution in [1.29, 1.82) is 0 Å². The topological polar surface area (TPSA) is 12.0 Å². The van der Waals surface area contributed by atoms with E-state index in [0.717, 1.165) is 11.6 Å². The molecule has 0 aromatic heterocycles. The molecule has 0 saturated heterocycles. The molecule has 2 aromatic rings. The molecule has 0 saturated carbocycles. The van der Waals surface area contributed by atoms with Crippen LogP contribution in [0.5, 0.6) is 0 Å². The van der Waals surface area contributed by atoms with Gasteiger partial charge in [-0.1, -0.05) is 23.8 Å². The summed E-state index contributed by atoms with van der Waals surface area (Å²) in [6, 6.07) is 8.66. The number of rotatable bonds is 3. The number of nitrogens with one attached hydrogen (secondary N) is 1. The number of hydrogen-bond donors (Lipinski definition) is 1. The molecular formula is C16H15F4N. The zero-order valence-corrected chi connectivity index (χ0v) is 11.7. The van der Waals surface area contributed by atoms with Crippen molar-refractivity contribution in [3.8, 4) is 0 Å². The van der Waals surface area contributed by atoms with Gasteiger partial charge >= 0.3 is 6.18 Å². The summed E-state index contributed by atoms with van der Waals surface area (Å²) in [7, 11) is 0. The van der Waals surface area contributed by atoms with Crippen molar-refractivity contribution in [2.75, 3.05) is 5.32 Å². The average Bonchev–Trinajstić information content (AvgIpc) is 2.40. The van der Waals surface area contributed by atoms with E-state index in [1.165, 1.54) is 19.1 Å². The van der Waals surface area contributed by atoms with Crippen molar-refractivity contribution in [3.05, 3.63) is 64.5 Å². The van der Waals surface area contributed by atoms with Gasteiger partial charge in [-0.2, -0.15) is 13.2 Å². The fraction of sp³-hybridized carbons (Fsp3) is 0.250. The zero-order chi connectivity index (χ0) is 15.6. The first-order chi connectivity index (χ1) is 9.77. The summed E-state index contributed by atoms with van der Waals surface area (Å²) in [6.07, 6.45) is -4.39. The molecule has 1 N–H and O–H groups in total. The predicted octanol–water partition coefficient (Wildman–Crippen LogP) is 5.07. The van der Waals surface area contributed by atoms with Crippen molar-refractivity contribution >= 4 is 5.69 Å². The minimum absolute atomic E-state index is 0.133. The Bertz CT molecular complexity index is 647. The maximum atomic E-state index is 13.6. The Morgan fingerprint density at radius 2 is 1.71 bits per heavy atom. The van der Waals surface area contributed by atoms with Crippen LogP contribution in [-0.2, 0) is 12.7 Å². The molecular weight excluding hydrogens is 282 g/mol. The third-order valence-corrected chi connectivity index (χ3v) is 3.23. The van der Waals surface area contributed by atoms with Crippen LogP contribution in [0.25, 0.3) is 0 Å². The first kappa shape index (κ1) is 15.4. The summed E-state index contributed by atoms with van der Waals surface area (Å²) in [5.74, 6) is -0.378. The van der Waals surface area contributed by atoms with Gasteiger partial charge in [0.2, 0.25) is 0 Å². The molecule has 1 nitrogen and oxygen atoms in total. The molecule has 112 valence electrons. The molecule has 0 amide bonds. The highest BCUT2D eigenvalue weighted by atomic mass is 19.4. The summed E-state index contributed by atoms with van der Waals surface area (Å²) in [5, 5.41) is 2.83. The van der Waals surface area contributed by atoms with Crippen LogP contribution < -0.4 is 5.32 Å². The Morgan fingerprint density at radius 3 is 2.38 bits per heavy atom. The van der Waals surface area contributed by atoms with Crippen LogP contribution in [0.4, 0.5) is 23.2 Å². The number of hydrogen-bond acceptors (Lipinski definition) is 1. The van der Waals surface area contributed by atoms with Crippen molar-refractivity contribution in [2.24, 2.45) is 0 Å². The van der Waals surface area contributed by atoms with E-state index >= 15 is 0 Å². The van der Waals surface area contributed by atoms with Gasteiger partial charge in [-0.3, -0.25) is 0 Å². The number of aryl methyl sites for hydroxylation is 2. The van der Waals surface area contributed by atoms with Crippen LogP contribution in [0.3, 0.4) is 0 Å². The van der Waals surface area contributed by atoms with Crippen molar-refractivity contribution in [2.45, 2.75) is 26.6 Å². The molecule has 0 radical (unpaired) electrons. The van der Waals surface area contributed by atoms with Gasteiger partial charge in [-0.25, -0.2) is 4.39 Å². The standard InChI is InChI=1S/C16H15F4N/c1-10-3-6-15(17)12(7-10)9-21-13-5-4-11(2)14(8-13)16(18,19)20/h3-8,21H,9H2,1-2H3. The lowest BCUT2D eigenvalue weighted by molar-refractivity contribution is -0.138. The Hall–Kier alpha value is -2.04. The molecule has 5 heteroatoms. The van der Waals surface area contributed by atoms with E-state index < -0.39 is 11.7 Å². The van der Waals surface area contributed by atoms with Crippen LogP contribution in [-0.4, -0.2) is 0 Å². The maximum Gasteiger partial charge on any atom is 0.416 e. The van der Waals surface area contributed by atoms with Gasteiger partial charge in [0.15, 0.2) is 0 Å². The lowest BCUT2D eigenvalue weighted by atomic mass is 10.1. The van der Waals surface area contributed by atoms with Gasteiger partial charge < -0.3 is 5.32 Å². The van der Waals surface area contributed by atoms with E-state index in [2.05, 4.69) is 5.32 Å². The normalized spacial score (nSPS) is 11.5. The molecule has 0 bridgehead atoms. The van der Waals surface area contributed by atoms with Crippen LogP contribution in [0, 0.1) is 19.7 Å². The smallest absolute Gasteiger partial charge is 0.381 e. The van der Waals surface area contributed by atoms with E-state index in [-0.39, 0.29) is 17.9 Å². The lowest BCUT2D eigenvalue weighted by Gasteiger charge is -2.13. The largest absolute Gasteiger partial charge is 0.416 e. The minimum atomic E-state index is -4.39. The Labute approximate surface area is 120 Å². The molecule has 0 unspecified atom stereocenters. The van der Waals surface area contributed by atoms with E-state index in [9.17, 15) is 17.6 Å². The van der Waals surface area contributed by atoms with Crippen molar-refractivity contribution in [3.63, 3.8) is 0 Å². The molecule has 2 rings (SSSR count). The fourth-order valence-electron chi connectivity index (χ4n) is 2.07. The van der Waals surface area contributed by atoms with Gasteiger partial charge in [0.05, 0.1) is 5.56 Å². The molecule has 0 fully saturated rings. The van der Waals surface area contributed by atoms with Crippen LogP contribution >= 0.6 is 0 Å². The maximum absolute atomic E-state index is 13.6. The molecule has 0 spiro atoms. The minimum Gasteiger partial charge on any atom is -0.381 e. The second kappa shape index (κ2) is 5.76. The number of benzene rings is 2. The summed E-state index contributed by atoms with van der Waals surface area (Å²) in [6.45, 7) is 3.37. The second-order valence-corrected chi connectivity index (χ2v) is 4.98. The predicted molar refractivity (Wildman–Crippen MR) is 74.6 cm³/mol. The number of anilines is 1. The van der Waals surface area contributed by atoms with Crippen LogP contribution in [0.15, 0.2) is 36.4 Å². The van der Waals surface area contributed by atoms with Crippen LogP contribution in [0.2, 0.25) is 0 Å². The van der Waals surface area contributed by atoms with Gasteiger partial charge in [0, 0.05) is 17.8 Å². The van der Waals surface area contributed by atoms with Crippen LogP contribution in [0.1, 0.15) is 22.3 Å².